The number of methoxy groups -OCH3 is 1. The number of fused-ring (bicyclic) bond motifs is 1. The third-order valence-electron chi connectivity index (χ3n) is 8.18. The second-order valence-corrected chi connectivity index (χ2v) is 11.3. The van der Waals surface area contributed by atoms with E-state index < -0.39 is 12.0 Å². The topological polar surface area (TPSA) is 118 Å². The van der Waals surface area contributed by atoms with Crippen molar-refractivity contribution in [1.29, 1.82) is 0 Å². The number of nitrogens with zero attached hydrogens (tertiary/aromatic N) is 2. The van der Waals surface area contributed by atoms with E-state index in [0.717, 1.165) is 32.1 Å². The Morgan fingerprint density at radius 3 is 2.70 bits per heavy atom. The van der Waals surface area contributed by atoms with Crippen LogP contribution in [0.2, 0.25) is 0 Å². The summed E-state index contributed by atoms with van der Waals surface area (Å²) in [6.45, 7) is 4.33. The van der Waals surface area contributed by atoms with Crippen LogP contribution in [0.3, 0.4) is 0 Å². The van der Waals surface area contributed by atoms with Crippen molar-refractivity contribution < 1.29 is 27.8 Å². The Morgan fingerprint density at radius 1 is 1.20 bits per heavy atom. The fourth-order valence-corrected chi connectivity index (χ4v) is 5.87. The zero-order chi connectivity index (χ0) is 28.4. The van der Waals surface area contributed by atoms with Gasteiger partial charge in [-0.1, -0.05) is 19.1 Å². The van der Waals surface area contributed by atoms with Crippen LogP contribution in [-0.2, 0) is 19.9 Å². The van der Waals surface area contributed by atoms with Gasteiger partial charge in [-0.25, -0.2) is 18.7 Å². The van der Waals surface area contributed by atoms with Gasteiger partial charge in [0.05, 0.1) is 17.7 Å². The SMILES string of the molecule is COCC(=O)N[C@H]1CC[C@@H](NC(=O)c2c(C)[nH]c3c(C4(OCC5CC5)C=C(C(F)F)C=CC4)ncnc23)[C@H](C)C1. The molecule has 0 saturated heterocycles. The number of halogens is 2. The van der Waals surface area contributed by atoms with Crippen molar-refractivity contribution in [3.8, 4) is 0 Å². The van der Waals surface area contributed by atoms with E-state index in [1.807, 2.05) is 0 Å². The number of amides is 2. The minimum atomic E-state index is -2.64. The van der Waals surface area contributed by atoms with Gasteiger partial charge in [0.1, 0.15) is 29.7 Å². The largest absolute Gasteiger partial charge is 0.375 e. The maximum Gasteiger partial charge on any atom is 0.263 e. The van der Waals surface area contributed by atoms with E-state index in [-0.39, 0.29) is 42.0 Å². The van der Waals surface area contributed by atoms with Gasteiger partial charge in [0.2, 0.25) is 5.91 Å². The summed E-state index contributed by atoms with van der Waals surface area (Å²) in [5, 5.41) is 6.16. The van der Waals surface area contributed by atoms with Crippen molar-refractivity contribution in [2.45, 2.75) is 76.5 Å². The molecule has 2 aromatic heterocycles. The van der Waals surface area contributed by atoms with E-state index in [1.165, 1.54) is 25.6 Å². The molecule has 3 N–H and O–H groups in total. The zero-order valence-corrected chi connectivity index (χ0v) is 23.1. The summed E-state index contributed by atoms with van der Waals surface area (Å²) in [7, 11) is 1.49. The average Bonchev–Trinajstić information content (AvgIpc) is 3.69. The molecule has 216 valence electrons. The Balaban J connectivity index is 1.39. The standard InChI is InChI=1S/C29H37F2N5O4/c1-16-11-20(35-22(37)14-39-3)8-9-21(16)36-28(38)23-17(2)34-25-24(23)32-15-33-26(25)29(40-13-18-6-7-18)10-4-5-19(12-29)27(30)31/h4-5,12,15-16,18,20-21,27,34H,6-11,13-14H2,1-3H3,(H,35,37)(H,36,38)/t16-,20+,21-,29?/m1/s1. The highest BCUT2D eigenvalue weighted by Gasteiger charge is 2.40. The maximum absolute atomic E-state index is 13.8. The van der Waals surface area contributed by atoms with Crippen LogP contribution in [0.15, 0.2) is 30.1 Å². The summed E-state index contributed by atoms with van der Waals surface area (Å²) in [5.41, 5.74) is 1.12. The number of rotatable bonds is 10. The van der Waals surface area contributed by atoms with Crippen LogP contribution < -0.4 is 10.6 Å². The van der Waals surface area contributed by atoms with E-state index in [1.54, 1.807) is 13.0 Å². The fourth-order valence-electron chi connectivity index (χ4n) is 5.87. The molecular weight excluding hydrogens is 520 g/mol. The van der Waals surface area contributed by atoms with Crippen LogP contribution in [0, 0.1) is 18.8 Å². The van der Waals surface area contributed by atoms with Gasteiger partial charge >= 0.3 is 0 Å². The minimum Gasteiger partial charge on any atom is -0.375 e. The van der Waals surface area contributed by atoms with Gasteiger partial charge in [0, 0.05) is 36.9 Å². The molecule has 0 aromatic carbocycles. The number of carbonyl (C=O) groups excluding carboxylic acids is 2. The first-order valence-corrected chi connectivity index (χ1v) is 13.9. The Hall–Kier alpha value is -3.18. The van der Waals surface area contributed by atoms with E-state index in [9.17, 15) is 18.4 Å². The van der Waals surface area contributed by atoms with Crippen LogP contribution in [0.25, 0.3) is 11.0 Å². The van der Waals surface area contributed by atoms with E-state index in [4.69, 9.17) is 9.47 Å². The lowest BCUT2D eigenvalue weighted by Crippen LogP contribution is -2.48. The highest BCUT2D eigenvalue weighted by molar-refractivity contribution is 6.07. The molecule has 4 atom stereocenters. The molecule has 2 aromatic rings. The number of carbonyl (C=O) groups is 2. The molecule has 11 heteroatoms. The maximum atomic E-state index is 13.8. The molecule has 0 aliphatic heterocycles. The van der Waals surface area contributed by atoms with Crippen LogP contribution in [0.4, 0.5) is 8.78 Å². The van der Waals surface area contributed by atoms with E-state index >= 15 is 0 Å². The van der Waals surface area contributed by atoms with Crippen molar-refractivity contribution in [2.75, 3.05) is 20.3 Å². The third kappa shape index (κ3) is 5.95. The van der Waals surface area contributed by atoms with Gasteiger partial charge in [0.25, 0.3) is 12.3 Å². The number of hydrogen-bond acceptors (Lipinski definition) is 6. The molecule has 9 nitrogen and oxygen atoms in total. The van der Waals surface area contributed by atoms with Gasteiger partial charge in [-0.05, 0) is 56.9 Å². The van der Waals surface area contributed by atoms with Crippen molar-refractivity contribution in [2.24, 2.45) is 11.8 Å². The number of aromatic amines is 1. The second-order valence-electron chi connectivity index (χ2n) is 11.3. The molecule has 5 rings (SSSR count). The lowest BCUT2D eigenvalue weighted by molar-refractivity contribution is -0.125. The van der Waals surface area contributed by atoms with Crippen molar-refractivity contribution in [3.05, 3.63) is 47.1 Å². The third-order valence-corrected chi connectivity index (χ3v) is 8.18. The second kappa shape index (κ2) is 11.7. The Bertz CT molecular complexity index is 1320. The summed E-state index contributed by atoms with van der Waals surface area (Å²) in [6.07, 6.45) is 8.00. The summed E-state index contributed by atoms with van der Waals surface area (Å²) in [4.78, 5) is 37.7. The fraction of sp³-hybridized carbons (Fsp3) is 0.586. The number of ether oxygens (including phenoxy) is 2. The van der Waals surface area contributed by atoms with E-state index in [2.05, 4.69) is 32.5 Å². The minimum absolute atomic E-state index is 0.0250. The normalized spacial score (nSPS) is 26.6. The van der Waals surface area contributed by atoms with Crippen LogP contribution in [0.1, 0.15) is 67.2 Å². The lowest BCUT2D eigenvalue weighted by Gasteiger charge is -2.35. The molecule has 0 radical (unpaired) electrons. The molecule has 0 spiro atoms. The number of aryl methyl sites for hydroxylation is 1. The van der Waals surface area contributed by atoms with Crippen LogP contribution >= 0.6 is 0 Å². The average molecular weight is 558 g/mol. The van der Waals surface area contributed by atoms with Crippen molar-refractivity contribution in [1.82, 2.24) is 25.6 Å². The molecule has 2 amide bonds. The first kappa shape index (κ1) is 28.4. The molecular formula is C29H37F2N5O4. The van der Waals surface area contributed by atoms with Crippen molar-refractivity contribution in [3.63, 3.8) is 0 Å². The smallest absolute Gasteiger partial charge is 0.263 e. The molecule has 3 aliphatic rings. The number of alkyl halides is 2. The first-order valence-electron chi connectivity index (χ1n) is 13.9. The quantitative estimate of drug-likeness (QED) is 0.405. The first-order chi connectivity index (χ1) is 19.2. The number of allylic oxidation sites excluding steroid dienone is 2. The van der Waals surface area contributed by atoms with Gasteiger partial charge in [0.15, 0.2) is 0 Å². The monoisotopic (exact) mass is 557 g/mol. The molecule has 2 saturated carbocycles. The zero-order valence-electron chi connectivity index (χ0n) is 23.1. The number of aromatic nitrogens is 3. The van der Waals surface area contributed by atoms with E-state index in [0.29, 0.717) is 46.9 Å². The summed E-state index contributed by atoms with van der Waals surface area (Å²) < 4.78 is 38.8. The molecule has 2 fully saturated rings. The predicted octanol–water partition coefficient (Wildman–Crippen LogP) is 4.09. The van der Waals surface area contributed by atoms with Gasteiger partial charge in [-0.2, -0.15) is 0 Å². The molecule has 3 aliphatic carbocycles. The number of nitrogens with one attached hydrogen (secondary N) is 3. The molecule has 0 bridgehead atoms. The Kier molecular flexibility index (Phi) is 8.32. The summed E-state index contributed by atoms with van der Waals surface area (Å²) >= 11 is 0. The van der Waals surface area contributed by atoms with Crippen molar-refractivity contribution >= 4 is 22.8 Å². The number of hydrogen-bond donors (Lipinski definition) is 3. The van der Waals surface area contributed by atoms with Gasteiger partial charge < -0.3 is 25.1 Å². The molecule has 1 unspecified atom stereocenters. The summed E-state index contributed by atoms with van der Waals surface area (Å²) in [6, 6.07) is -0.0274. The van der Waals surface area contributed by atoms with Gasteiger partial charge in [-0.15, -0.1) is 0 Å². The summed E-state index contributed by atoms with van der Waals surface area (Å²) in [5.74, 6) is 0.162. The Morgan fingerprint density at radius 2 is 2.00 bits per heavy atom. The Labute approximate surface area is 232 Å². The predicted molar refractivity (Wildman–Crippen MR) is 145 cm³/mol. The molecule has 40 heavy (non-hydrogen) atoms. The van der Waals surface area contributed by atoms with Crippen LogP contribution in [-0.4, -0.2) is 65.6 Å². The van der Waals surface area contributed by atoms with Crippen LogP contribution in [0.5, 0.6) is 0 Å². The highest BCUT2D eigenvalue weighted by Crippen LogP contribution is 2.42. The molecule has 2 heterocycles. The number of H-pyrrole nitrogens is 1. The lowest BCUT2D eigenvalue weighted by atomic mass is 9.82. The van der Waals surface area contributed by atoms with Gasteiger partial charge in [-0.3, -0.25) is 9.59 Å². The highest BCUT2D eigenvalue weighted by atomic mass is 19.3.